The Kier molecular flexibility index (Phi) is 5.05. The van der Waals surface area contributed by atoms with Crippen LogP contribution in [0.1, 0.15) is 16.9 Å². The number of aromatic nitrogens is 4. The van der Waals surface area contributed by atoms with Gasteiger partial charge in [-0.25, -0.2) is 14.8 Å². The summed E-state index contributed by atoms with van der Waals surface area (Å²) in [4.78, 5) is 38.7. The minimum atomic E-state index is -0.921. The predicted molar refractivity (Wildman–Crippen MR) is 128 cm³/mol. The van der Waals surface area contributed by atoms with Crippen LogP contribution in [0.15, 0.2) is 30.7 Å². The number of hydrogen-bond donors (Lipinski definition) is 3. The van der Waals surface area contributed by atoms with Crippen LogP contribution in [0.2, 0.25) is 0 Å². The molecule has 3 aromatic heterocycles. The number of carbonyl (C=O) groups excluding carboxylic acids is 1. The molecule has 4 aromatic rings. The molecule has 10 nitrogen and oxygen atoms in total. The van der Waals surface area contributed by atoms with E-state index in [1.807, 2.05) is 23.1 Å². The normalized spacial score (nSPS) is 18.3. The number of benzene rings is 1. The summed E-state index contributed by atoms with van der Waals surface area (Å²) in [5.74, 6) is 0.829. The van der Waals surface area contributed by atoms with E-state index in [2.05, 4.69) is 25.5 Å². The Morgan fingerprint density at radius 3 is 2.79 bits per heavy atom. The average Bonchev–Trinajstić information content (AvgIpc) is 3.47. The van der Waals surface area contributed by atoms with Crippen molar-refractivity contribution in [1.29, 1.82) is 0 Å². The number of aryl methyl sites for hydroxylation is 1. The van der Waals surface area contributed by atoms with Crippen molar-refractivity contribution < 1.29 is 14.7 Å². The second kappa shape index (κ2) is 8.24. The highest BCUT2D eigenvalue weighted by Gasteiger charge is 2.33. The number of anilines is 2. The second-order valence-corrected chi connectivity index (χ2v) is 9.82. The van der Waals surface area contributed by atoms with E-state index in [0.717, 1.165) is 45.5 Å². The van der Waals surface area contributed by atoms with Gasteiger partial charge in [-0.15, -0.1) is 11.3 Å². The van der Waals surface area contributed by atoms with Gasteiger partial charge in [-0.3, -0.25) is 9.89 Å². The molecule has 3 N–H and O–H groups in total. The van der Waals surface area contributed by atoms with Gasteiger partial charge in [0.25, 0.3) is 0 Å². The number of nitrogens with zero attached hydrogens (tertiary/aromatic N) is 5. The Balaban J connectivity index is 1.23. The van der Waals surface area contributed by atoms with Crippen molar-refractivity contribution in [3.8, 4) is 0 Å². The largest absolute Gasteiger partial charge is 0.465 e. The van der Waals surface area contributed by atoms with Crippen LogP contribution < -0.4 is 5.32 Å². The number of hydrogen-bond acceptors (Lipinski definition) is 7. The number of H-pyrrole nitrogens is 1. The van der Waals surface area contributed by atoms with Gasteiger partial charge in [-0.1, -0.05) is 0 Å². The topological polar surface area (TPSA) is 127 Å². The molecule has 2 amide bonds. The summed E-state index contributed by atoms with van der Waals surface area (Å²) in [5.41, 5.74) is 3.14. The average molecular weight is 478 g/mol. The fourth-order valence-electron chi connectivity index (χ4n) is 4.95. The quantitative estimate of drug-likeness (QED) is 0.413. The number of fused-ring (bicyclic) bond motifs is 4. The predicted octanol–water partition coefficient (Wildman–Crippen LogP) is 3.24. The van der Waals surface area contributed by atoms with E-state index >= 15 is 0 Å². The summed E-state index contributed by atoms with van der Waals surface area (Å²) in [6.45, 7) is 1.66. The summed E-state index contributed by atoms with van der Waals surface area (Å²) in [5, 5.41) is 21.7. The van der Waals surface area contributed by atoms with Gasteiger partial charge in [0.15, 0.2) is 0 Å². The van der Waals surface area contributed by atoms with Crippen LogP contribution in [0.3, 0.4) is 0 Å². The first kappa shape index (κ1) is 20.8. The molecule has 4 heterocycles. The lowest BCUT2D eigenvalue weighted by Crippen LogP contribution is -2.52. The Morgan fingerprint density at radius 1 is 1.15 bits per heavy atom. The fourth-order valence-corrected chi connectivity index (χ4v) is 6.22. The smallest absolute Gasteiger partial charge is 0.407 e. The van der Waals surface area contributed by atoms with Crippen molar-refractivity contribution in [3.63, 3.8) is 0 Å². The summed E-state index contributed by atoms with van der Waals surface area (Å²) < 4.78 is 0. The zero-order valence-corrected chi connectivity index (χ0v) is 19.1. The van der Waals surface area contributed by atoms with E-state index in [1.54, 1.807) is 23.9 Å². The third-order valence-corrected chi connectivity index (χ3v) is 7.92. The molecule has 11 heteroatoms. The number of aromatic amines is 1. The first-order valence-electron chi connectivity index (χ1n) is 11.3. The van der Waals surface area contributed by atoms with Crippen molar-refractivity contribution in [2.75, 3.05) is 31.5 Å². The van der Waals surface area contributed by atoms with Gasteiger partial charge in [0.05, 0.1) is 17.1 Å². The first-order chi connectivity index (χ1) is 16.6. The summed E-state index contributed by atoms with van der Waals surface area (Å²) in [7, 11) is 0. The molecule has 0 spiro atoms. The molecule has 0 bridgehead atoms. The molecule has 1 aliphatic carbocycles. The standard InChI is InChI=1S/C23H23N7O3S/c31-22(29-5-7-30(8-6-29)23(32)33)13-1-3-16-18(10-13)34-21-19(16)20(24-12-25-21)27-15-2-4-17-14(9-15)11-26-28-17/h2,4,9,11-13H,1,3,5-8,10H2,(H,26,28)(H,32,33)(H,24,25,27). The molecular formula is C23H23N7O3S. The van der Waals surface area contributed by atoms with Crippen LogP contribution in [0, 0.1) is 5.92 Å². The molecule has 174 valence electrons. The maximum Gasteiger partial charge on any atom is 0.407 e. The molecule has 34 heavy (non-hydrogen) atoms. The lowest BCUT2D eigenvalue weighted by atomic mass is 9.86. The van der Waals surface area contributed by atoms with Gasteiger partial charge >= 0.3 is 6.09 Å². The molecular weight excluding hydrogens is 454 g/mol. The number of piperazine rings is 1. The molecule has 1 unspecified atom stereocenters. The van der Waals surface area contributed by atoms with E-state index < -0.39 is 6.09 Å². The summed E-state index contributed by atoms with van der Waals surface area (Å²) in [6, 6.07) is 6.01. The lowest BCUT2D eigenvalue weighted by Gasteiger charge is -2.36. The van der Waals surface area contributed by atoms with Crippen molar-refractivity contribution >= 4 is 56.0 Å². The molecule has 6 rings (SSSR count). The lowest BCUT2D eigenvalue weighted by molar-refractivity contribution is -0.137. The van der Waals surface area contributed by atoms with Crippen LogP contribution in [0.4, 0.5) is 16.3 Å². The maximum atomic E-state index is 13.2. The highest BCUT2D eigenvalue weighted by molar-refractivity contribution is 7.19. The zero-order chi connectivity index (χ0) is 23.2. The zero-order valence-electron chi connectivity index (χ0n) is 18.3. The first-order valence-corrected chi connectivity index (χ1v) is 12.1. The molecule has 0 saturated carbocycles. The summed E-state index contributed by atoms with van der Waals surface area (Å²) >= 11 is 1.64. The number of thiophene rings is 1. The van der Waals surface area contributed by atoms with E-state index in [9.17, 15) is 9.59 Å². The molecule has 1 aromatic carbocycles. The van der Waals surface area contributed by atoms with E-state index in [1.165, 1.54) is 15.3 Å². The molecule has 1 atom stereocenters. The number of amides is 2. The van der Waals surface area contributed by atoms with Crippen molar-refractivity contribution in [2.45, 2.75) is 19.3 Å². The Hall–Kier alpha value is -3.73. The van der Waals surface area contributed by atoms with Crippen molar-refractivity contribution in [1.82, 2.24) is 30.0 Å². The van der Waals surface area contributed by atoms with Crippen molar-refractivity contribution in [2.24, 2.45) is 5.92 Å². The van der Waals surface area contributed by atoms with Crippen LogP contribution in [-0.2, 0) is 17.6 Å². The van der Waals surface area contributed by atoms with Gasteiger partial charge in [0.2, 0.25) is 5.91 Å². The van der Waals surface area contributed by atoms with Crippen LogP contribution in [0.5, 0.6) is 0 Å². The maximum absolute atomic E-state index is 13.2. The molecule has 0 radical (unpaired) electrons. The summed E-state index contributed by atoms with van der Waals surface area (Å²) in [6.07, 6.45) is 4.70. The minimum Gasteiger partial charge on any atom is -0.465 e. The molecule has 1 fully saturated rings. The highest BCUT2D eigenvalue weighted by atomic mass is 32.1. The van der Waals surface area contributed by atoms with Gasteiger partial charge in [-0.05, 0) is 43.0 Å². The Labute approximate surface area is 198 Å². The molecule has 1 aliphatic heterocycles. The second-order valence-electron chi connectivity index (χ2n) is 8.74. The number of carboxylic acid groups (broad SMARTS) is 1. The Bertz CT molecular complexity index is 1410. The van der Waals surface area contributed by atoms with E-state index in [0.29, 0.717) is 32.6 Å². The minimum absolute atomic E-state index is 0.0789. The number of carbonyl (C=O) groups is 2. The molecule has 1 saturated heterocycles. The highest BCUT2D eigenvalue weighted by Crippen LogP contribution is 2.41. The third kappa shape index (κ3) is 3.61. The van der Waals surface area contributed by atoms with Crippen LogP contribution >= 0.6 is 11.3 Å². The van der Waals surface area contributed by atoms with Crippen LogP contribution in [-0.4, -0.2) is 73.3 Å². The Morgan fingerprint density at radius 2 is 1.97 bits per heavy atom. The van der Waals surface area contributed by atoms with Gasteiger partial charge in [-0.2, -0.15) is 5.10 Å². The van der Waals surface area contributed by atoms with E-state index in [4.69, 9.17) is 5.11 Å². The monoisotopic (exact) mass is 477 g/mol. The van der Waals surface area contributed by atoms with Gasteiger partial charge in [0.1, 0.15) is 17.0 Å². The van der Waals surface area contributed by atoms with Crippen molar-refractivity contribution in [3.05, 3.63) is 41.2 Å². The van der Waals surface area contributed by atoms with Crippen LogP contribution in [0.25, 0.3) is 21.1 Å². The van der Waals surface area contributed by atoms with E-state index in [-0.39, 0.29) is 11.8 Å². The van der Waals surface area contributed by atoms with Gasteiger partial charge in [0, 0.05) is 48.0 Å². The SMILES string of the molecule is O=C(O)N1CCN(C(=O)C2CCc3c(sc4ncnc(Nc5ccc6[nH]ncc6c5)c34)C2)CC1. The number of nitrogens with one attached hydrogen (secondary N) is 2. The number of rotatable bonds is 3. The fraction of sp³-hybridized carbons (Fsp3) is 0.348. The third-order valence-electron chi connectivity index (χ3n) is 6.76. The van der Waals surface area contributed by atoms with Gasteiger partial charge < -0.3 is 20.2 Å². The molecule has 2 aliphatic rings.